The number of nitrogens with zero attached hydrogens (tertiary/aromatic N) is 1. The normalized spacial score (nSPS) is 10.3. The van der Waals surface area contributed by atoms with Gasteiger partial charge in [-0.1, -0.05) is 17.7 Å². The first kappa shape index (κ1) is 9.93. The molecule has 4 heteroatoms. The van der Waals surface area contributed by atoms with Gasteiger partial charge in [0.1, 0.15) is 11.6 Å². The summed E-state index contributed by atoms with van der Waals surface area (Å²) in [6.45, 7) is 0. The Balaban J connectivity index is 2.58. The molecule has 0 aliphatic rings. The lowest BCUT2D eigenvalue weighted by Crippen LogP contribution is -1.92. The first-order chi connectivity index (χ1) is 7.16. The molecular weight excluding hydrogens is 215 g/mol. The van der Waals surface area contributed by atoms with Gasteiger partial charge in [-0.15, -0.1) is 0 Å². The Kier molecular flexibility index (Phi) is 2.56. The number of nitrogen functional groups attached to an aromatic ring is 1. The zero-order valence-corrected chi connectivity index (χ0v) is 8.50. The maximum atomic E-state index is 13.0. The van der Waals surface area contributed by atoms with Crippen molar-refractivity contribution in [2.75, 3.05) is 5.73 Å². The fraction of sp³-hybridized carbons (Fsp3) is 0. The van der Waals surface area contributed by atoms with Gasteiger partial charge in [-0.25, -0.2) is 9.37 Å². The van der Waals surface area contributed by atoms with Crippen molar-refractivity contribution in [3.63, 3.8) is 0 Å². The van der Waals surface area contributed by atoms with Gasteiger partial charge in [0.2, 0.25) is 0 Å². The average Bonchev–Trinajstić information content (AvgIpc) is 2.22. The summed E-state index contributed by atoms with van der Waals surface area (Å²) in [5.74, 6) is 0.0338. The summed E-state index contributed by atoms with van der Waals surface area (Å²) in [5.41, 5.74) is 6.65. The molecule has 0 atom stereocenters. The van der Waals surface area contributed by atoms with E-state index in [9.17, 15) is 4.39 Å². The number of hydrogen-bond donors (Lipinski definition) is 1. The number of pyridine rings is 1. The highest BCUT2D eigenvalue weighted by Crippen LogP contribution is 2.27. The number of rotatable bonds is 1. The summed E-state index contributed by atoms with van der Waals surface area (Å²) >= 11 is 5.94. The number of benzene rings is 1. The van der Waals surface area contributed by atoms with Crippen LogP contribution in [-0.4, -0.2) is 4.98 Å². The zero-order valence-electron chi connectivity index (χ0n) is 7.74. The molecule has 2 N–H and O–H groups in total. The molecule has 0 bridgehead atoms. The van der Waals surface area contributed by atoms with Gasteiger partial charge in [0.05, 0.1) is 10.7 Å². The molecule has 15 heavy (non-hydrogen) atoms. The Hall–Kier alpha value is -1.61. The molecule has 1 aromatic heterocycles. The van der Waals surface area contributed by atoms with Crippen molar-refractivity contribution < 1.29 is 4.39 Å². The Morgan fingerprint density at radius 3 is 2.73 bits per heavy atom. The van der Waals surface area contributed by atoms with E-state index in [0.717, 1.165) is 0 Å². The second-order valence-electron chi connectivity index (χ2n) is 3.07. The zero-order chi connectivity index (χ0) is 10.8. The van der Waals surface area contributed by atoms with Crippen LogP contribution in [0.5, 0.6) is 0 Å². The van der Waals surface area contributed by atoms with E-state index in [1.54, 1.807) is 18.2 Å². The number of anilines is 1. The summed E-state index contributed by atoms with van der Waals surface area (Å²) in [6, 6.07) is 9.28. The molecular formula is C11H8ClFN2. The standard InChI is InChI=1S/C11H8ClFN2/c12-9-5-4-7(13)6-8(9)10-2-1-3-11(14)15-10/h1-6H,(H2,14,15). The lowest BCUT2D eigenvalue weighted by atomic mass is 10.1. The molecule has 0 spiro atoms. The van der Waals surface area contributed by atoms with Crippen LogP contribution >= 0.6 is 11.6 Å². The molecule has 1 heterocycles. The molecule has 2 aromatic rings. The Bertz CT molecular complexity index is 500. The Morgan fingerprint density at radius 1 is 1.20 bits per heavy atom. The molecule has 76 valence electrons. The third-order valence-electron chi connectivity index (χ3n) is 1.97. The van der Waals surface area contributed by atoms with Gasteiger partial charge in [0, 0.05) is 5.56 Å². The SMILES string of the molecule is Nc1cccc(-c2cc(F)ccc2Cl)n1. The molecule has 2 nitrogen and oxygen atoms in total. The summed E-state index contributed by atoms with van der Waals surface area (Å²) in [5, 5.41) is 0.453. The summed E-state index contributed by atoms with van der Waals surface area (Å²) < 4.78 is 13.0. The van der Waals surface area contributed by atoms with E-state index in [1.165, 1.54) is 18.2 Å². The van der Waals surface area contributed by atoms with Crippen molar-refractivity contribution in [1.82, 2.24) is 4.98 Å². The first-order valence-electron chi connectivity index (χ1n) is 4.35. The minimum atomic E-state index is -0.348. The van der Waals surface area contributed by atoms with Crippen molar-refractivity contribution >= 4 is 17.4 Å². The third kappa shape index (κ3) is 2.07. The van der Waals surface area contributed by atoms with Crippen LogP contribution in [-0.2, 0) is 0 Å². The van der Waals surface area contributed by atoms with E-state index in [2.05, 4.69) is 4.98 Å². The van der Waals surface area contributed by atoms with E-state index >= 15 is 0 Å². The molecule has 0 fully saturated rings. The van der Waals surface area contributed by atoms with Crippen LogP contribution in [0.4, 0.5) is 10.2 Å². The molecule has 0 radical (unpaired) electrons. The fourth-order valence-corrected chi connectivity index (χ4v) is 1.51. The van der Waals surface area contributed by atoms with Crippen LogP contribution in [0, 0.1) is 5.82 Å². The predicted molar refractivity (Wildman–Crippen MR) is 59.1 cm³/mol. The van der Waals surface area contributed by atoms with Crippen molar-refractivity contribution in [2.24, 2.45) is 0 Å². The van der Waals surface area contributed by atoms with E-state index in [4.69, 9.17) is 17.3 Å². The number of aromatic nitrogens is 1. The smallest absolute Gasteiger partial charge is 0.124 e. The maximum Gasteiger partial charge on any atom is 0.124 e. The largest absolute Gasteiger partial charge is 0.384 e. The van der Waals surface area contributed by atoms with Gasteiger partial charge in [-0.2, -0.15) is 0 Å². The van der Waals surface area contributed by atoms with Gasteiger partial charge >= 0.3 is 0 Å². The number of hydrogen-bond acceptors (Lipinski definition) is 2. The highest BCUT2D eigenvalue weighted by Gasteiger charge is 2.06. The molecule has 0 aliphatic heterocycles. The van der Waals surface area contributed by atoms with Crippen molar-refractivity contribution in [2.45, 2.75) is 0 Å². The van der Waals surface area contributed by atoms with Crippen LogP contribution in [0.3, 0.4) is 0 Å². The number of halogens is 2. The summed E-state index contributed by atoms with van der Waals surface area (Å²) in [6.07, 6.45) is 0. The lowest BCUT2D eigenvalue weighted by molar-refractivity contribution is 0.628. The Labute approximate surface area is 91.5 Å². The van der Waals surface area contributed by atoms with Crippen molar-refractivity contribution in [3.05, 3.63) is 47.2 Å². The van der Waals surface area contributed by atoms with Crippen LogP contribution in [0.25, 0.3) is 11.3 Å². The Morgan fingerprint density at radius 2 is 2.00 bits per heavy atom. The van der Waals surface area contributed by atoms with Crippen LogP contribution in [0.2, 0.25) is 5.02 Å². The summed E-state index contributed by atoms with van der Waals surface area (Å²) in [4.78, 5) is 4.07. The highest BCUT2D eigenvalue weighted by atomic mass is 35.5. The monoisotopic (exact) mass is 222 g/mol. The van der Waals surface area contributed by atoms with E-state index in [0.29, 0.717) is 22.1 Å². The fourth-order valence-electron chi connectivity index (χ4n) is 1.30. The average molecular weight is 223 g/mol. The topological polar surface area (TPSA) is 38.9 Å². The summed E-state index contributed by atoms with van der Waals surface area (Å²) in [7, 11) is 0. The lowest BCUT2D eigenvalue weighted by Gasteiger charge is -2.04. The number of nitrogens with two attached hydrogens (primary N) is 1. The minimum Gasteiger partial charge on any atom is -0.384 e. The van der Waals surface area contributed by atoms with Gasteiger partial charge in [0.15, 0.2) is 0 Å². The van der Waals surface area contributed by atoms with Gasteiger partial charge in [0.25, 0.3) is 0 Å². The van der Waals surface area contributed by atoms with E-state index in [1.807, 2.05) is 0 Å². The molecule has 2 rings (SSSR count). The van der Waals surface area contributed by atoms with Crippen molar-refractivity contribution in [1.29, 1.82) is 0 Å². The maximum absolute atomic E-state index is 13.0. The van der Waals surface area contributed by atoms with Gasteiger partial charge in [-0.05, 0) is 30.3 Å². The predicted octanol–water partition coefficient (Wildman–Crippen LogP) is 3.12. The van der Waals surface area contributed by atoms with Crippen molar-refractivity contribution in [3.8, 4) is 11.3 Å². The van der Waals surface area contributed by atoms with Gasteiger partial charge in [-0.3, -0.25) is 0 Å². The molecule has 1 aromatic carbocycles. The second-order valence-corrected chi connectivity index (χ2v) is 3.48. The third-order valence-corrected chi connectivity index (χ3v) is 2.30. The van der Waals surface area contributed by atoms with Crippen LogP contribution in [0.1, 0.15) is 0 Å². The molecule has 0 aliphatic carbocycles. The van der Waals surface area contributed by atoms with Gasteiger partial charge < -0.3 is 5.73 Å². The highest BCUT2D eigenvalue weighted by molar-refractivity contribution is 6.33. The molecule has 0 amide bonds. The van der Waals surface area contributed by atoms with E-state index < -0.39 is 0 Å². The first-order valence-corrected chi connectivity index (χ1v) is 4.72. The minimum absolute atomic E-state index is 0.348. The van der Waals surface area contributed by atoms with Crippen LogP contribution in [0.15, 0.2) is 36.4 Å². The molecule has 0 unspecified atom stereocenters. The van der Waals surface area contributed by atoms with E-state index in [-0.39, 0.29) is 5.82 Å². The second kappa shape index (κ2) is 3.87. The molecule has 0 saturated heterocycles. The van der Waals surface area contributed by atoms with Crippen LogP contribution < -0.4 is 5.73 Å². The molecule has 0 saturated carbocycles. The quantitative estimate of drug-likeness (QED) is 0.805.